The molecule has 3 aromatic carbocycles. The van der Waals surface area contributed by atoms with Gasteiger partial charge in [-0.3, -0.25) is 9.59 Å². The van der Waals surface area contributed by atoms with E-state index in [1.54, 1.807) is 49.4 Å². The number of nitrogens with one attached hydrogen (secondary N) is 2. The second-order valence-corrected chi connectivity index (χ2v) is 8.94. The van der Waals surface area contributed by atoms with Crippen molar-refractivity contribution >= 4 is 40.8 Å². The van der Waals surface area contributed by atoms with Gasteiger partial charge in [-0.1, -0.05) is 54.9 Å². The Balaban J connectivity index is 1.46. The van der Waals surface area contributed by atoms with Crippen LogP contribution in [0.3, 0.4) is 0 Å². The minimum Gasteiger partial charge on any atom is -0.481 e. The molecule has 7 heteroatoms. The predicted octanol–water partition coefficient (Wildman–Crippen LogP) is 6.26. The van der Waals surface area contributed by atoms with Crippen molar-refractivity contribution in [3.05, 3.63) is 82.9 Å². The minimum absolute atomic E-state index is 0.108. The fourth-order valence-corrected chi connectivity index (χ4v) is 4.35. The molecule has 1 unspecified atom stereocenters. The van der Waals surface area contributed by atoms with Crippen molar-refractivity contribution in [3.8, 4) is 11.1 Å². The maximum Gasteiger partial charge on any atom is 0.323 e. The molecular formula is C26H23ClN2O4. The van der Waals surface area contributed by atoms with Gasteiger partial charge in [0.2, 0.25) is 0 Å². The van der Waals surface area contributed by atoms with E-state index in [2.05, 4.69) is 10.6 Å². The van der Waals surface area contributed by atoms with Crippen molar-refractivity contribution in [2.45, 2.75) is 26.2 Å². The number of urea groups is 1. The average Bonchev–Trinajstić information content (AvgIpc) is 2.76. The molecule has 6 nitrogen and oxygen atoms in total. The molecular weight excluding hydrogens is 440 g/mol. The van der Waals surface area contributed by atoms with Crippen molar-refractivity contribution in [1.29, 1.82) is 0 Å². The van der Waals surface area contributed by atoms with E-state index in [1.165, 1.54) is 0 Å². The Labute approximate surface area is 196 Å². The molecule has 0 saturated carbocycles. The van der Waals surface area contributed by atoms with E-state index in [-0.39, 0.29) is 18.2 Å². The highest BCUT2D eigenvalue weighted by molar-refractivity contribution is 6.30. The number of rotatable bonds is 5. The number of anilines is 2. The number of ketones is 1. The average molecular weight is 463 g/mol. The molecule has 0 radical (unpaired) electrons. The van der Waals surface area contributed by atoms with Gasteiger partial charge in [0, 0.05) is 27.4 Å². The molecule has 0 aromatic heterocycles. The number of Topliss-reactive ketones (excluding diaryl/α,β-unsaturated/α-hetero) is 1. The van der Waals surface area contributed by atoms with Crippen LogP contribution in [0.1, 0.15) is 35.7 Å². The van der Waals surface area contributed by atoms with E-state index in [1.807, 2.05) is 24.3 Å². The summed E-state index contributed by atoms with van der Waals surface area (Å²) in [7, 11) is 0. The summed E-state index contributed by atoms with van der Waals surface area (Å²) >= 11 is 5.94. The summed E-state index contributed by atoms with van der Waals surface area (Å²) in [5.41, 5.74) is 3.81. The highest BCUT2D eigenvalue weighted by Gasteiger charge is 2.40. The number of aliphatic carboxylic acids is 1. The van der Waals surface area contributed by atoms with E-state index in [0.29, 0.717) is 34.8 Å². The Morgan fingerprint density at radius 2 is 1.67 bits per heavy atom. The normalized spacial score (nSPS) is 17.2. The number of halogens is 1. The molecule has 0 heterocycles. The highest BCUT2D eigenvalue weighted by Crippen LogP contribution is 2.39. The molecule has 168 valence electrons. The number of carboxylic acids is 1. The summed E-state index contributed by atoms with van der Waals surface area (Å²) in [6.45, 7) is 1.73. The quantitative estimate of drug-likeness (QED) is 0.417. The zero-order chi connectivity index (χ0) is 23.6. The lowest BCUT2D eigenvalue weighted by molar-refractivity contribution is -0.139. The first kappa shape index (κ1) is 22.6. The first-order valence-corrected chi connectivity index (χ1v) is 10.9. The van der Waals surface area contributed by atoms with Gasteiger partial charge in [-0.15, -0.1) is 0 Å². The van der Waals surface area contributed by atoms with Gasteiger partial charge in [-0.25, -0.2) is 4.79 Å². The largest absolute Gasteiger partial charge is 0.481 e. The third-order valence-corrected chi connectivity index (χ3v) is 6.18. The molecule has 2 amide bonds. The monoisotopic (exact) mass is 462 g/mol. The van der Waals surface area contributed by atoms with Gasteiger partial charge in [0.15, 0.2) is 5.78 Å². The van der Waals surface area contributed by atoms with Crippen molar-refractivity contribution < 1.29 is 19.5 Å². The van der Waals surface area contributed by atoms with Gasteiger partial charge in [-0.05, 0) is 59.9 Å². The van der Waals surface area contributed by atoms with Gasteiger partial charge in [0.1, 0.15) is 0 Å². The van der Waals surface area contributed by atoms with Crippen LogP contribution in [0.25, 0.3) is 11.1 Å². The van der Waals surface area contributed by atoms with E-state index < -0.39 is 11.4 Å². The van der Waals surface area contributed by atoms with Crippen LogP contribution >= 0.6 is 11.6 Å². The lowest BCUT2D eigenvalue weighted by atomic mass is 9.69. The number of carbonyl (C=O) groups excluding carboxylic acids is 2. The zero-order valence-electron chi connectivity index (χ0n) is 18.0. The van der Waals surface area contributed by atoms with Crippen molar-refractivity contribution in [2.24, 2.45) is 5.41 Å². The lowest BCUT2D eigenvalue weighted by Gasteiger charge is -2.32. The summed E-state index contributed by atoms with van der Waals surface area (Å²) in [6, 6.07) is 19.6. The SMILES string of the molecule is CC1(CC(=O)O)CCc2cc(-c3ccc(NC(=O)Nc4cccc(Cl)c4)cc3)ccc2C1=O. The molecule has 1 aliphatic carbocycles. The number of hydrogen-bond acceptors (Lipinski definition) is 3. The Hall–Kier alpha value is -3.64. The summed E-state index contributed by atoms with van der Waals surface area (Å²) in [5.74, 6) is -1.07. The van der Waals surface area contributed by atoms with Crippen LogP contribution in [0.4, 0.5) is 16.2 Å². The molecule has 0 saturated heterocycles. The number of carboxylic acid groups (broad SMARTS) is 1. The number of amides is 2. The molecule has 1 atom stereocenters. The van der Waals surface area contributed by atoms with Gasteiger partial charge >= 0.3 is 12.0 Å². The van der Waals surface area contributed by atoms with Gasteiger partial charge in [0.25, 0.3) is 0 Å². The molecule has 3 aromatic rings. The summed E-state index contributed by atoms with van der Waals surface area (Å²) in [5, 5.41) is 15.2. The van der Waals surface area contributed by atoms with Crippen LogP contribution in [0.15, 0.2) is 66.7 Å². The van der Waals surface area contributed by atoms with Crippen LogP contribution in [0.5, 0.6) is 0 Å². The maximum absolute atomic E-state index is 12.9. The summed E-state index contributed by atoms with van der Waals surface area (Å²) in [6.07, 6.45) is 1.01. The molecule has 0 aliphatic heterocycles. The predicted molar refractivity (Wildman–Crippen MR) is 129 cm³/mol. The third kappa shape index (κ3) is 5.07. The maximum atomic E-state index is 12.9. The number of fused-ring (bicyclic) bond motifs is 1. The van der Waals surface area contributed by atoms with Crippen molar-refractivity contribution in [3.63, 3.8) is 0 Å². The molecule has 0 spiro atoms. The second kappa shape index (κ2) is 9.08. The third-order valence-electron chi connectivity index (χ3n) is 5.94. The number of hydrogen-bond donors (Lipinski definition) is 3. The zero-order valence-corrected chi connectivity index (χ0v) is 18.8. The van der Waals surface area contributed by atoms with Crippen molar-refractivity contribution in [2.75, 3.05) is 10.6 Å². The van der Waals surface area contributed by atoms with Crippen LogP contribution in [-0.2, 0) is 11.2 Å². The molecule has 0 fully saturated rings. The highest BCUT2D eigenvalue weighted by atomic mass is 35.5. The van der Waals surface area contributed by atoms with E-state index in [9.17, 15) is 14.4 Å². The molecule has 3 N–H and O–H groups in total. The minimum atomic E-state index is -0.958. The van der Waals surface area contributed by atoms with Crippen LogP contribution in [-0.4, -0.2) is 22.9 Å². The fourth-order valence-electron chi connectivity index (χ4n) is 4.16. The fraction of sp³-hybridized carbons (Fsp3) is 0.192. The number of aryl methyl sites for hydroxylation is 1. The smallest absolute Gasteiger partial charge is 0.323 e. The van der Waals surface area contributed by atoms with Gasteiger partial charge in [0.05, 0.1) is 6.42 Å². The van der Waals surface area contributed by atoms with Crippen molar-refractivity contribution in [1.82, 2.24) is 0 Å². The van der Waals surface area contributed by atoms with E-state index >= 15 is 0 Å². The first-order chi connectivity index (χ1) is 15.7. The van der Waals surface area contributed by atoms with Gasteiger partial charge in [-0.2, -0.15) is 0 Å². The Kier molecular flexibility index (Phi) is 6.20. The van der Waals surface area contributed by atoms with E-state index in [4.69, 9.17) is 16.7 Å². The van der Waals surface area contributed by atoms with Crippen LogP contribution < -0.4 is 10.6 Å². The van der Waals surface area contributed by atoms with Crippen LogP contribution in [0.2, 0.25) is 5.02 Å². The summed E-state index contributed by atoms with van der Waals surface area (Å²) < 4.78 is 0. The molecule has 33 heavy (non-hydrogen) atoms. The first-order valence-electron chi connectivity index (χ1n) is 10.6. The molecule has 4 rings (SSSR count). The Morgan fingerprint density at radius 1 is 0.970 bits per heavy atom. The topological polar surface area (TPSA) is 95.5 Å². The lowest BCUT2D eigenvalue weighted by Crippen LogP contribution is -2.35. The molecule has 0 bridgehead atoms. The number of carbonyl (C=O) groups is 3. The summed E-state index contributed by atoms with van der Waals surface area (Å²) in [4.78, 5) is 36.3. The molecule has 1 aliphatic rings. The number of benzene rings is 3. The van der Waals surface area contributed by atoms with Gasteiger partial charge < -0.3 is 15.7 Å². The Morgan fingerprint density at radius 3 is 2.36 bits per heavy atom. The second-order valence-electron chi connectivity index (χ2n) is 8.50. The Bertz CT molecular complexity index is 1240. The standard InChI is InChI=1S/C26H23ClN2O4/c1-26(15-23(30)31)12-11-18-13-17(7-10-22(18)24(26)32)16-5-8-20(9-6-16)28-25(33)29-21-4-2-3-19(27)14-21/h2-10,13-14H,11-12,15H2,1H3,(H,30,31)(H2,28,29,33). The van der Waals surface area contributed by atoms with Crippen LogP contribution in [0, 0.1) is 5.41 Å². The van der Waals surface area contributed by atoms with E-state index in [0.717, 1.165) is 16.7 Å².